The molecule has 0 spiro atoms. The summed E-state index contributed by atoms with van der Waals surface area (Å²) in [6, 6.07) is 4.91. The summed E-state index contributed by atoms with van der Waals surface area (Å²) in [4.78, 5) is 45.3. The largest absolute Gasteiger partial charge is 0.478 e. The fraction of sp³-hybridized carbons (Fsp3) is 0.625. The van der Waals surface area contributed by atoms with Gasteiger partial charge in [0.05, 0.1) is 29.6 Å². The van der Waals surface area contributed by atoms with Gasteiger partial charge < -0.3 is 19.6 Å². The van der Waals surface area contributed by atoms with Crippen molar-refractivity contribution in [3.8, 4) is 0 Å². The van der Waals surface area contributed by atoms with E-state index in [1.165, 1.54) is 17.0 Å². The first-order chi connectivity index (χ1) is 15.7. The molecule has 1 saturated heterocycles. The van der Waals surface area contributed by atoms with E-state index < -0.39 is 5.97 Å². The zero-order chi connectivity index (χ0) is 24.1. The van der Waals surface area contributed by atoms with E-state index in [-0.39, 0.29) is 36.6 Å². The smallest absolute Gasteiger partial charge is 0.335 e. The van der Waals surface area contributed by atoms with Crippen LogP contribution in [0.5, 0.6) is 0 Å². The maximum atomic E-state index is 13.3. The van der Waals surface area contributed by atoms with Crippen LogP contribution in [0, 0.1) is 0 Å². The number of likely N-dealkylation sites (N-methyl/N-ethyl adjacent to an activating group) is 1. The average Bonchev–Trinajstić information content (AvgIpc) is 2.77. The number of carboxylic acids is 1. The van der Waals surface area contributed by atoms with Crippen LogP contribution in [-0.4, -0.2) is 98.3 Å². The van der Waals surface area contributed by atoms with Gasteiger partial charge in [-0.05, 0) is 78.5 Å². The Morgan fingerprint density at radius 2 is 1.91 bits per heavy atom. The molecule has 1 fully saturated rings. The topological polar surface area (TPSA) is 93.6 Å². The van der Waals surface area contributed by atoms with E-state index in [1.807, 2.05) is 20.9 Å². The quantitative estimate of drug-likeness (QED) is 0.563. The van der Waals surface area contributed by atoms with Gasteiger partial charge >= 0.3 is 5.97 Å². The number of aromatic carboxylic acids is 1. The number of benzene rings is 1. The van der Waals surface area contributed by atoms with E-state index in [0.29, 0.717) is 37.0 Å². The molecule has 0 radical (unpaired) electrons. The molecule has 2 aliphatic rings. The van der Waals surface area contributed by atoms with E-state index in [9.17, 15) is 19.5 Å². The molecular formula is C24H36N4O5. The van der Waals surface area contributed by atoms with Crippen LogP contribution < -0.4 is 9.80 Å². The Kier molecular flexibility index (Phi) is 8.45. The predicted octanol–water partition coefficient (Wildman–Crippen LogP) is 1.91. The van der Waals surface area contributed by atoms with Crippen molar-refractivity contribution in [2.45, 2.75) is 45.3 Å². The number of ether oxygens (including phenoxy) is 1. The maximum absolute atomic E-state index is 13.3. The van der Waals surface area contributed by atoms with Crippen LogP contribution >= 0.6 is 0 Å². The Morgan fingerprint density at radius 3 is 2.55 bits per heavy atom. The third-order valence-electron chi connectivity index (χ3n) is 6.37. The molecule has 182 valence electrons. The Morgan fingerprint density at radius 1 is 1.21 bits per heavy atom. The number of carbonyl (C=O) groups is 3. The number of fused-ring (bicyclic) bond motifs is 1. The lowest BCUT2D eigenvalue weighted by molar-refractivity contribution is -0.123. The van der Waals surface area contributed by atoms with Gasteiger partial charge in [-0.15, -0.1) is 0 Å². The van der Waals surface area contributed by atoms with Crippen LogP contribution in [0.4, 0.5) is 11.4 Å². The Hall–Kier alpha value is -2.49. The first-order valence-electron chi connectivity index (χ1n) is 11.7. The second-order valence-corrected chi connectivity index (χ2v) is 9.26. The fourth-order valence-corrected chi connectivity index (χ4v) is 4.41. The van der Waals surface area contributed by atoms with Crippen molar-refractivity contribution < 1.29 is 24.2 Å². The Balaban J connectivity index is 1.78. The lowest BCUT2D eigenvalue weighted by Crippen LogP contribution is -2.52. The van der Waals surface area contributed by atoms with Gasteiger partial charge in [0, 0.05) is 19.2 Å². The van der Waals surface area contributed by atoms with Crippen LogP contribution in [0.15, 0.2) is 18.2 Å². The fourth-order valence-electron chi connectivity index (χ4n) is 4.41. The standard InChI is InChI=1S/C24H36N4O5/c1-17(2)33-13-5-10-27-20-7-6-18(24(31)32)14-21(20)28(16-23(27)30)22(29)15-26(4)19-8-11-25(3)12-9-19/h6-7,14,17,19H,5,8-13,15-16H2,1-4H3,(H,31,32). The molecule has 33 heavy (non-hydrogen) atoms. The number of piperidine rings is 1. The van der Waals surface area contributed by atoms with Crippen LogP contribution in [0.2, 0.25) is 0 Å². The van der Waals surface area contributed by atoms with Gasteiger partial charge in [-0.25, -0.2) is 4.79 Å². The first-order valence-corrected chi connectivity index (χ1v) is 11.7. The predicted molar refractivity (Wildman–Crippen MR) is 127 cm³/mol. The maximum Gasteiger partial charge on any atom is 0.335 e. The minimum absolute atomic E-state index is 0.0904. The van der Waals surface area contributed by atoms with Crippen LogP contribution in [0.25, 0.3) is 0 Å². The first kappa shape index (κ1) is 25.1. The summed E-state index contributed by atoms with van der Waals surface area (Å²) in [6.45, 7) is 6.96. The average molecular weight is 461 g/mol. The molecule has 0 unspecified atom stereocenters. The summed E-state index contributed by atoms with van der Waals surface area (Å²) < 4.78 is 5.59. The van der Waals surface area contributed by atoms with Crippen molar-refractivity contribution in [2.75, 3.05) is 63.2 Å². The van der Waals surface area contributed by atoms with Gasteiger partial charge in [-0.3, -0.25) is 19.4 Å². The molecule has 0 aromatic heterocycles. The van der Waals surface area contributed by atoms with Gasteiger partial charge in [0.2, 0.25) is 11.8 Å². The highest BCUT2D eigenvalue weighted by Gasteiger charge is 2.34. The molecule has 2 heterocycles. The van der Waals surface area contributed by atoms with E-state index in [0.717, 1.165) is 25.9 Å². The SMILES string of the molecule is CC(C)OCCCN1C(=O)CN(C(=O)CN(C)C2CCN(C)CC2)c2cc(C(=O)O)ccc21. The van der Waals surface area contributed by atoms with Gasteiger partial charge in [0.1, 0.15) is 6.54 Å². The monoisotopic (exact) mass is 460 g/mol. The zero-order valence-electron chi connectivity index (χ0n) is 20.1. The molecule has 1 aromatic carbocycles. The van der Waals surface area contributed by atoms with Crippen LogP contribution in [0.3, 0.4) is 0 Å². The van der Waals surface area contributed by atoms with Gasteiger partial charge in [-0.2, -0.15) is 0 Å². The molecule has 0 saturated carbocycles. The number of likely N-dealkylation sites (tertiary alicyclic amines) is 1. The molecule has 3 rings (SSSR count). The molecule has 0 bridgehead atoms. The highest BCUT2D eigenvalue weighted by Crippen LogP contribution is 2.35. The molecule has 1 N–H and O–H groups in total. The lowest BCUT2D eigenvalue weighted by atomic mass is 10.0. The van der Waals surface area contributed by atoms with Gasteiger partial charge in [-0.1, -0.05) is 0 Å². The summed E-state index contributed by atoms with van der Waals surface area (Å²) >= 11 is 0. The number of hydrogen-bond donors (Lipinski definition) is 1. The molecule has 9 nitrogen and oxygen atoms in total. The van der Waals surface area contributed by atoms with Crippen molar-refractivity contribution in [2.24, 2.45) is 0 Å². The van der Waals surface area contributed by atoms with Crippen LogP contribution in [0.1, 0.15) is 43.5 Å². The summed E-state index contributed by atoms with van der Waals surface area (Å²) in [5.74, 6) is -1.44. The second kappa shape index (κ2) is 11.1. The highest BCUT2D eigenvalue weighted by molar-refractivity contribution is 6.12. The minimum atomic E-state index is -1.07. The molecule has 0 atom stereocenters. The Labute approximate surface area is 195 Å². The number of rotatable bonds is 9. The zero-order valence-corrected chi connectivity index (χ0v) is 20.1. The summed E-state index contributed by atoms with van der Waals surface area (Å²) in [5.41, 5.74) is 1.13. The number of carboxylic acid groups (broad SMARTS) is 1. The van der Waals surface area contributed by atoms with Crippen molar-refractivity contribution >= 4 is 29.2 Å². The summed E-state index contributed by atoms with van der Waals surface area (Å²) in [7, 11) is 4.04. The third kappa shape index (κ3) is 6.31. The number of nitrogens with zero attached hydrogens (tertiary/aromatic N) is 4. The lowest BCUT2D eigenvalue weighted by Gasteiger charge is -2.38. The molecule has 9 heteroatoms. The van der Waals surface area contributed by atoms with Gasteiger partial charge in [0.15, 0.2) is 0 Å². The van der Waals surface area contributed by atoms with Crippen molar-refractivity contribution in [1.82, 2.24) is 9.80 Å². The minimum Gasteiger partial charge on any atom is -0.478 e. The molecular weight excluding hydrogens is 424 g/mol. The van der Waals surface area contributed by atoms with Crippen molar-refractivity contribution in [3.05, 3.63) is 23.8 Å². The second-order valence-electron chi connectivity index (χ2n) is 9.26. The third-order valence-corrected chi connectivity index (χ3v) is 6.37. The Bertz CT molecular complexity index is 866. The van der Waals surface area contributed by atoms with E-state index >= 15 is 0 Å². The van der Waals surface area contributed by atoms with Gasteiger partial charge in [0.25, 0.3) is 0 Å². The van der Waals surface area contributed by atoms with E-state index in [1.54, 1.807) is 11.0 Å². The summed E-state index contributed by atoms with van der Waals surface area (Å²) in [5, 5.41) is 9.48. The number of carbonyl (C=O) groups excluding carboxylic acids is 2. The summed E-state index contributed by atoms with van der Waals surface area (Å²) in [6.07, 6.45) is 2.75. The van der Waals surface area contributed by atoms with E-state index in [2.05, 4.69) is 16.8 Å². The molecule has 1 aromatic rings. The normalized spacial score (nSPS) is 17.7. The molecule has 2 aliphatic heterocycles. The number of hydrogen-bond acceptors (Lipinski definition) is 6. The highest BCUT2D eigenvalue weighted by atomic mass is 16.5. The van der Waals surface area contributed by atoms with E-state index in [4.69, 9.17) is 4.74 Å². The molecule has 0 aliphatic carbocycles. The number of amides is 2. The van der Waals surface area contributed by atoms with Crippen molar-refractivity contribution in [3.63, 3.8) is 0 Å². The van der Waals surface area contributed by atoms with Crippen molar-refractivity contribution in [1.29, 1.82) is 0 Å². The number of anilines is 2. The molecule has 2 amide bonds. The van der Waals surface area contributed by atoms with Crippen LogP contribution in [-0.2, 0) is 14.3 Å².